The highest BCUT2D eigenvalue weighted by atomic mass is 32.1. The second kappa shape index (κ2) is 4.90. The fourth-order valence-corrected chi connectivity index (χ4v) is 3.77. The van der Waals surface area contributed by atoms with Gasteiger partial charge in [0.05, 0.1) is 0 Å². The average Bonchev–Trinajstić information content (AvgIpc) is 2.93. The lowest BCUT2D eigenvalue weighted by atomic mass is 10.1. The molecule has 2 unspecified atom stereocenters. The van der Waals surface area contributed by atoms with Gasteiger partial charge in [-0.2, -0.15) is 0 Å². The van der Waals surface area contributed by atoms with E-state index in [1.54, 1.807) is 0 Å². The maximum Gasteiger partial charge on any atom is 0.226 e. The van der Waals surface area contributed by atoms with Crippen LogP contribution in [0.25, 0.3) is 0 Å². The van der Waals surface area contributed by atoms with Gasteiger partial charge in [-0.1, -0.05) is 0 Å². The number of hydrogen-bond acceptors (Lipinski definition) is 4. The van der Waals surface area contributed by atoms with E-state index in [9.17, 15) is 0 Å². The number of nitrogens with zero attached hydrogens (tertiary/aromatic N) is 4. The van der Waals surface area contributed by atoms with Gasteiger partial charge >= 0.3 is 0 Å². The van der Waals surface area contributed by atoms with Crippen LogP contribution in [0.2, 0.25) is 0 Å². The van der Waals surface area contributed by atoms with Crippen molar-refractivity contribution >= 4 is 18.2 Å². The minimum Gasteiger partial charge on any atom is -0.335 e. The minimum atomic E-state index is 0.343. The average molecular weight is 281 g/mol. The van der Waals surface area contributed by atoms with Crippen molar-refractivity contribution in [1.82, 2.24) is 19.7 Å². The van der Waals surface area contributed by atoms with Gasteiger partial charge in [-0.25, -0.2) is 5.10 Å². The Morgan fingerprint density at radius 3 is 2.89 bits per heavy atom. The molecule has 6 heteroatoms. The summed E-state index contributed by atoms with van der Waals surface area (Å²) in [7, 11) is 0. The molecule has 0 amide bonds. The second-order valence-electron chi connectivity index (χ2n) is 6.08. The standard InChI is InChI=1S/C13H23N5S/c1-9(2)18-12(14-15-13(18)19)17-8-11-5-4-6-16(11)7-10(17)3/h9-11H,4-8H2,1-3H3,(H,15,19). The highest BCUT2D eigenvalue weighted by molar-refractivity contribution is 7.71. The molecule has 0 saturated carbocycles. The first-order valence-corrected chi connectivity index (χ1v) is 7.66. The number of aromatic nitrogens is 3. The Balaban J connectivity index is 1.91. The number of fused-ring (bicyclic) bond motifs is 1. The highest BCUT2D eigenvalue weighted by Crippen LogP contribution is 2.28. The van der Waals surface area contributed by atoms with Crippen LogP contribution in [-0.4, -0.2) is 51.4 Å². The number of aromatic amines is 1. The number of hydrogen-bond donors (Lipinski definition) is 1. The topological polar surface area (TPSA) is 40.1 Å². The van der Waals surface area contributed by atoms with Gasteiger partial charge in [0.2, 0.25) is 5.95 Å². The van der Waals surface area contributed by atoms with Gasteiger partial charge < -0.3 is 4.90 Å². The third-order valence-corrected chi connectivity index (χ3v) is 4.68. The Hall–Kier alpha value is -0.880. The molecule has 2 aliphatic heterocycles. The molecule has 0 aromatic carbocycles. The maximum absolute atomic E-state index is 5.36. The monoisotopic (exact) mass is 281 g/mol. The second-order valence-corrected chi connectivity index (χ2v) is 6.47. The fraction of sp³-hybridized carbons (Fsp3) is 0.846. The van der Waals surface area contributed by atoms with E-state index in [1.807, 2.05) is 0 Å². The molecular weight excluding hydrogens is 258 g/mol. The maximum atomic E-state index is 5.36. The highest BCUT2D eigenvalue weighted by Gasteiger charge is 2.36. The Kier molecular flexibility index (Phi) is 3.39. The van der Waals surface area contributed by atoms with Crippen molar-refractivity contribution in [1.29, 1.82) is 0 Å². The first kappa shape index (κ1) is 13.1. The summed E-state index contributed by atoms with van der Waals surface area (Å²) in [5.41, 5.74) is 0. The number of anilines is 1. The molecule has 3 heterocycles. The SMILES string of the molecule is CC1CN2CCCC2CN1c1n[nH]c(=S)n1C(C)C. The van der Waals surface area contributed by atoms with Crippen molar-refractivity contribution in [2.45, 2.75) is 51.7 Å². The zero-order valence-electron chi connectivity index (χ0n) is 12.0. The molecule has 1 N–H and O–H groups in total. The molecule has 3 rings (SSSR count). The summed E-state index contributed by atoms with van der Waals surface area (Å²) in [4.78, 5) is 5.06. The Labute approximate surface area is 119 Å². The van der Waals surface area contributed by atoms with Crippen LogP contribution in [-0.2, 0) is 0 Å². The molecule has 2 fully saturated rings. The van der Waals surface area contributed by atoms with Crippen molar-refractivity contribution in [2.24, 2.45) is 0 Å². The van der Waals surface area contributed by atoms with E-state index < -0.39 is 0 Å². The summed E-state index contributed by atoms with van der Waals surface area (Å²) < 4.78 is 2.86. The molecule has 0 spiro atoms. The predicted molar refractivity (Wildman–Crippen MR) is 79.2 cm³/mol. The van der Waals surface area contributed by atoms with E-state index in [0.717, 1.165) is 23.8 Å². The predicted octanol–water partition coefficient (Wildman–Crippen LogP) is 2.19. The molecule has 19 heavy (non-hydrogen) atoms. The third-order valence-electron chi connectivity index (χ3n) is 4.40. The Bertz CT molecular complexity index is 505. The number of H-pyrrole nitrogens is 1. The molecule has 2 saturated heterocycles. The molecule has 1 aromatic heterocycles. The fourth-order valence-electron chi connectivity index (χ4n) is 3.43. The van der Waals surface area contributed by atoms with Crippen LogP contribution in [0.5, 0.6) is 0 Å². The van der Waals surface area contributed by atoms with Gasteiger partial charge in [0.15, 0.2) is 4.77 Å². The van der Waals surface area contributed by atoms with Crippen molar-refractivity contribution < 1.29 is 0 Å². The van der Waals surface area contributed by atoms with Crippen LogP contribution in [0.15, 0.2) is 0 Å². The molecule has 2 aliphatic rings. The smallest absolute Gasteiger partial charge is 0.226 e. The number of rotatable bonds is 2. The summed E-state index contributed by atoms with van der Waals surface area (Å²) >= 11 is 5.36. The summed E-state index contributed by atoms with van der Waals surface area (Å²) in [6.45, 7) is 10.1. The first-order chi connectivity index (χ1) is 9.08. The Morgan fingerprint density at radius 2 is 2.16 bits per heavy atom. The van der Waals surface area contributed by atoms with Crippen molar-refractivity contribution in [3.8, 4) is 0 Å². The van der Waals surface area contributed by atoms with E-state index in [4.69, 9.17) is 12.2 Å². The minimum absolute atomic E-state index is 0.343. The van der Waals surface area contributed by atoms with Crippen molar-refractivity contribution in [3.63, 3.8) is 0 Å². The van der Waals surface area contributed by atoms with E-state index in [1.165, 1.54) is 19.4 Å². The van der Waals surface area contributed by atoms with Gasteiger partial charge in [-0.3, -0.25) is 9.47 Å². The van der Waals surface area contributed by atoms with Gasteiger partial charge in [-0.15, -0.1) is 5.10 Å². The quantitative estimate of drug-likeness (QED) is 0.844. The first-order valence-electron chi connectivity index (χ1n) is 7.25. The largest absolute Gasteiger partial charge is 0.335 e. The van der Waals surface area contributed by atoms with E-state index in [2.05, 4.69) is 45.3 Å². The summed E-state index contributed by atoms with van der Waals surface area (Å²) in [6, 6.07) is 1.54. The summed E-state index contributed by atoms with van der Waals surface area (Å²) in [6.07, 6.45) is 2.65. The number of piperazine rings is 1. The van der Waals surface area contributed by atoms with Gasteiger partial charge in [0, 0.05) is 31.2 Å². The molecule has 0 radical (unpaired) electrons. The zero-order valence-corrected chi connectivity index (χ0v) is 12.8. The van der Waals surface area contributed by atoms with Gasteiger partial charge in [-0.05, 0) is 52.4 Å². The van der Waals surface area contributed by atoms with Gasteiger partial charge in [0.1, 0.15) is 0 Å². The molecule has 106 valence electrons. The summed E-state index contributed by atoms with van der Waals surface area (Å²) in [5, 5.41) is 7.44. The van der Waals surface area contributed by atoms with Gasteiger partial charge in [0.25, 0.3) is 0 Å². The molecule has 5 nitrogen and oxygen atoms in total. The van der Waals surface area contributed by atoms with E-state index in [-0.39, 0.29) is 0 Å². The summed E-state index contributed by atoms with van der Waals surface area (Å²) in [5.74, 6) is 1.01. The van der Waals surface area contributed by atoms with E-state index in [0.29, 0.717) is 18.1 Å². The van der Waals surface area contributed by atoms with Crippen LogP contribution < -0.4 is 4.90 Å². The molecule has 0 aliphatic carbocycles. The lowest BCUT2D eigenvalue weighted by Gasteiger charge is -2.42. The van der Waals surface area contributed by atoms with Crippen LogP contribution in [0.3, 0.4) is 0 Å². The molecule has 2 atom stereocenters. The Morgan fingerprint density at radius 1 is 1.37 bits per heavy atom. The van der Waals surface area contributed by atoms with Crippen LogP contribution in [0.4, 0.5) is 5.95 Å². The third kappa shape index (κ3) is 2.21. The number of nitrogens with one attached hydrogen (secondary N) is 1. The van der Waals surface area contributed by atoms with Crippen LogP contribution >= 0.6 is 12.2 Å². The van der Waals surface area contributed by atoms with E-state index >= 15 is 0 Å². The zero-order chi connectivity index (χ0) is 13.6. The molecule has 0 bridgehead atoms. The van der Waals surface area contributed by atoms with Crippen molar-refractivity contribution in [3.05, 3.63) is 4.77 Å². The van der Waals surface area contributed by atoms with Crippen molar-refractivity contribution in [2.75, 3.05) is 24.5 Å². The normalized spacial score (nSPS) is 28.1. The lowest BCUT2D eigenvalue weighted by Crippen LogP contribution is -2.55. The molecule has 1 aromatic rings. The van der Waals surface area contributed by atoms with Crippen LogP contribution in [0.1, 0.15) is 39.7 Å². The lowest BCUT2D eigenvalue weighted by molar-refractivity contribution is 0.200. The molecular formula is C13H23N5S. The van der Waals surface area contributed by atoms with Crippen LogP contribution in [0, 0.1) is 4.77 Å².